The van der Waals surface area contributed by atoms with Gasteiger partial charge >= 0.3 is 0 Å². The SMILES string of the molecule is CC(C)C(=O)[C@H](NC(=O)c1ccc(C2CCN(C(=O)C3CC3)CC2)cc1)C1CCCCC1. The minimum Gasteiger partial charge on any atom is -0.342 e. The summed E-state index contributed by atoms with van der Waals surface area (Å²) >= 11 is 0. The fourth-order valence-corrected chi connectivity index (χ4v) is 5.40. The Bertz CT molecular complexity index is 814. The van der Waals surface area contributed by atoms with Crippen LogP contribution in [0, 0.1) is 17.8 Å². The van der Waals surface area contributed by atoms with Crippen LogP contribution in [-0.2, 0) is 9.59 Å². The van der Waals surface area contributed by atoms with E-state index in [1.54, 1.807) is 0 Å². The molecule has 0 bridgehead atoms. The van der Waals surface area contributed by atoms with E-state index < -0.39 is 0 Å². The normalized spacial score (nSPS) is 21.4. The smallest absolute Gasteiger partial charge is 0.251 e. The molecule has 2 saturated carbocycles. The number of carbonyl (C=O) groups is 3. The number of carbonyl (C=O) groups excluding carboxylic acids is 3. The summed E-state index contributed by atoms with van der Waals surface area (Å²) in [4.78, 5) is 40.1. The second kappa shape index (κ2) is 10.2. The molecule has 5 heteroatoms. The first-order valence-electron chi connectivity index (χ1n) is 12.7. The maximum Gasteiger partial charge on any atom is 0.251 e. The predicted octanol–water partition coefficient (Wildman–Crippen LogP) is 4.71. The number of hydrogen-bond acceptors (Lipinski definition) is 3. The highest BCUT2D eigenvalue weighted by molar-refractivity contribution is 5.98. The summed E-state index contributed by atoms with van der Waals surface area (Å²) in [5.41, 5.74) is 1.86. The second-order valence-corrected chi connectivity index (χ2v) is 10.4. The third kappa shape index (κ3) is 5.41. The van der Waals surface area contributed by atoms with Gasteiger partial charge in [0.25, 0.3) is 5.91 Å². The monoisotopic (exact) mass is 438 g/mol. The van der Waals surface area contributed by atoms with Crippen LogP contribution in [0.4, 0.5) is 0 Å². The fraction of sp³-hybridized carbons (Fsp3) is 0.667. The highest BCUT2D eigenvalue weighted by atomic mass is 16.2. The Balaban J connectivity index is 1.35. The molecule has 5 nitrogen and oxygen atoms in total. The molecule has 0 radical (unpaired) electrons. The van der Waals surface area contributed by atoms with E-state index >= 15 is 0 Å². The van der Waals surface area contributed by atoms with Crippen molar-refractivity contribution in [3.8, 4) is 0 Å². The summed E-state index contributed by atoms with van der Waals surface area (Å²) in [5.74, 6) is 1.25. The van der Waals surface area contributed by atoms with Crippen LogP contribution in [0.3, 0.4) is 0 Å². The molecule has 2 aliphatic carbocycles. The Hall–Kier alpha value is -2.17. The molecule has 3 aliphatic rings. The summed E-state index contributed by atoms with van der Waals surface area (Å²) in [5, 5.41) is 3.09. The summed E-state index contributed by atoms with van der Waals surface area (Å²) in [6, 6.07) is 7.51. The molecule has 174 valence electrons. The molecule has 4 rings (SSSR count). The van der Waals surface area contributed by atoms with Gasteiger partial charge in [-0.1, -0.05) is 45.2 Å². The Morgan fingerprint density at radius 2 is 1.50 bits per heavy atom. The summed E-state index contributed by atoms with van der Waals surface area (Å²) in [7, 11) is 0. The molecule has 1 saturated heterocycles. The molecule has 3 fully saturated rings. The lowest BCUT2D eigenvalue weighted by atomic mass is 9.80. The maximum absolute atomic E-state index is 13.0. The van der Waals surface area contributed by atoms with Gasteiger partial charge in [0.05, 0.1) is 6.04 Å². The predicted molar refractivity (Wildman–Crippen MR) is 125 cm³/mol. The Morgan fingerprint density at radius 3 is 2.06 bits per heavy atom. The van der Waals surface area contributed by atoms with Crippen LogP contribution in [0.1, 0.15) is 93.5 Å². The first-order valence-corrected chi connectivity index (χ1v) is 12.7. The van der Waals surface area contributed by atoms with E-state index in [-0.39, 0.29) is 29.6 Å². The highest BCUT2D eigenvalue weighted by Crippen LogP contribution is 2.34. The zero-order valence-corrected chi connectivity index (χ0v) is 19.6. The van der Waals surface area contributed by atoms with Gasteiger partial charge in [0, 0.05) is 30.5 Å². The van der Waals surface area contributed by atoms with Crippen molar-refractivity contribution >= 4 is 17.6 Å². The van der Waals surface area contributed by atoms with E-state index in [0.29, 0.717) is 23.3 Å². The number of piperidine rings is 1. The van der Waals surface area contributed by atoms with Crippen LogP contribution in [0.2, 0.25) is 0 Å². The summed E-state index contributed by atoms with van der Waals surface area (Å²) in [6.07, 6.45) is 9.63. The van der Waals surface area contributed by atoms with E-state index in [9.17, 15) is 14.4 Å². The summed E-state index contributed by atoms with van der Waals surface area (Å²) in [6.45, 7) is 5.51. The van der Waals surface area contributed by atoms with Crippen molar-refractivity contribution in [3.05, 3.63) is 35.4 Å². The average molecular weight is 439 g/mol. The van der Waals surface area contributed by atoms with Crippen molar-refractivity contribution in [2.75, 3.05) is 13.1 Å². The third-order valence-corrected chi connectivity index (χ3v) is 7.66. The number of nitrogens with one attached hydrogen (secondary N) is 1. The topological polar surface area (TPSA) is 66.5 Å². The molecule has 1 aromatic rings. The third-order valence-electron chi connectivity index (χ3n) is 7.66. The second-order valence-electron chi connectivity index (χ2n) is 10.4. The highest BCUT2D eigenvalue weighted by Gasteiger charge is 2.35. The van der Waals surface area contributed by atoms with Crippen molar-refractivity contribution < 1.29 is 14.4 Å². The van der Waals surface area contributed by atoms with Gasteiger partial charge in [0.2, 0.25) is 5.91 Å². The molecule has 1 atom stereocenters. The lowest BCUT2D eigenvalue weighted by Gasteiger charge is -2.32. The van der Waals surface area contributed by atoms with Crippen LogP contribution in [0.15, 0.2) is 24.3 Å². The van der Waals surface area contributed by atoms with Crippen LogP contribution in [0.25, 0.3) is 0 Å². The zero-order valence-electron chi connectivity index (χ0n) is 19.6. The zero-order chi connectivity index (χ0) is 22.7. The van der Waals surface area contributed by atoms with Crippen LogP contribution >= 0.6 is 0 Å². The van der Waals surface area contributed by atoms with Gasteiger partial charge in [0.15, 0.2) is 5.78 Å². The van der Waals surface area contributed by atoms with Gasteiger partial charge in [-0.25, -0.2) is 0 Å². The Labute approximate surface area is 192 Å². The largest absolute Gasteiger partial charge is 0.342 e. The van der Waals surface area contributed by atoms with Gasteiger partial charge in [-0.05, 0) is 68.1 Å². The van der Waals surface area contributed by atoms with Gasteiger partial charge in [-0.2, -0.15) is 0 Å². The quantitative estimate of drug-likeness (QED) is 0.671. The van der Waals surface area contributed by atoms with Gasteiger partial charge < -0.3 is 10.2 Å². The van der Waals surface area contributed by atoms with Crippen LogP contribution in [-0.4, -0.2) is 41.6 Å². The minimum atomic E-state index is -0.379. The van der Waals surface area contributed by atoms with Crippen molar-refractivity contribution in [2.45, 2.75) is 83.6 Å². The molecule has 1 N–H and O–H groups in total. The number of rotatable bonds is 7. The minimum absolute atomic E-state index is 0.0812. The standard InChI is InChI=1S/C27H38N2O3/c1-18(2)25(30)24(21-6-4-3-5-7-21)28-26(31)22-10-8-19(9-11-22)20-14-16-29(17-15-20)27(32)23-12-13-23/h8-11,18,20-21,23-24H,3-7,12-17H2,1-2H3,(H,28,31)/t24-/m1/s1. The average Bonchev–Trinajstić information content (AvgIpc) is 3.68. The van der Waals surface area contributed by atoms with E-state index in [1.165, 1.54) is 12.0 Å². The van der Waals surface area contributed by atoms with Crippen LogP contribution < -0.4 is 5.32 Å². The number of Topliss-reactive ketones (excluding diaryl/α,β-unsaturated/α-hetero) is 1. The van der Waals surface area contributed by atoms with E-state index in [0.717, 1.165) is 64.5 Å². The first-order chi connectivity index (χ1) is 15.4. The van der Waals surface area contributed by atoms with Crippen molar-refractivity contribution in [2.24, 2.45) is 17.8 Å². The number of nitrogens with zero attached hydrogens (tertiary/aromatic N) is 1. The Morgan fingerprint density at radius 1 is 0.875 bits per heavy atom. The lowest BCUT2D eigenvalue weighted by molar-refractivity contribution is -0.133. The molecule has 0 unspecified atom stereocenters. The van der Waals surface area contributed by atoms with Crippen molar-refractivity contribution in [3.63, 3.8) is 0 Å². The molecule has 1 aromatic carbocycles. The number of hydrogen-bond donors (Lipinski definition) is 1. The number of amides is 2. The number of benzene rings is 1. The van der Waals surface area contributed by atoms with E-state index in [2.05, 4.69) is 17.4 Å². The maximum atomic E-state index is 13.0. The van der Waals surface area contributed by atoms with Crippen molar-refractivity contribution in [1.29, 1.82) is 0 Å². The molecule has 0 aromatic heterocycles. The number of likely N-dealkylation sites (tertiary alicyclic amines) is 1. The Kier molecular flexibility index (Phi) is 7.32. The van der Waals surface area contributed by atoms with Gasteiger partial charge in [0.1, 0.15) is 0 Å². The molecule has 2 amide bonds. The van der Waals surface area contributed by atoms with Crippen molar-refractivity contribution in [1.82, 2.24) is 10.2 Å². The molecule has 1 aliphatic heterocycles. The van der Waals surface area contributed by atoms with E-state index in [1.807, 2.05) is 30.9 Å². The first kappa shape index (κ1) is 23.0. The lowest BCUT2D eigenvalue weighted by Crippen LogP contribution is -2.48. The van der Waals surface area contributed by atoms with E-state index in [4.69, 9.17) is 0 Å². The van der Waals surface area contributed by atoms with Gasteiger partial charge in [-0.15, -0.1) is 0 Å². The number of ketones is 1. The fourth-order valence-electron chi connectivity index (χ4n) is 5.40. The molecule has 32 heavy (non-hydrogen) atoms. The molecular weight excluding hydrogens is 400 g/mol. The molecular formula is C27H38N2O3. The summed E-state index contributed by atoms with van der Waals surface area (Å²) < 4.78 is 0. The molecule has 0 spiro atoms. The van der Waals surface area contributed by atoms with Gasteiger partial charge in [-0.3, -0.25) is 14.4 Å². The molecule has 1 heterocycles. The van der Waals surface area contributed by atoms with Crippen LogP contribution in [0.5, 0.6) is 0 Å².